The summed E-state index contributed by atoms with van der Waals surface area (Å²) in [6.45, 7) is 3.33. The fourth-order valence-electron chi connectivity index (χ4n) is 1.99. The van der Waals surface area contributed by atoms with E-state index in [1.165, 1.54) is 12.1 Å². The molecule has 0 fully saturated rings. The van der Waals surface area contributed by atoms with Crippen molar-refractivity contribution >= 4 is 29.2 Å². The summed E-state index contributed by atoms with van der Waals surface area (Å²) in [5.41, 5.74) is 11.4. The smallest absolute Gasteiger partial charge is 0.341 e. The van der Waals surface area contributed by atoms with Gasteiger partial charge in [-0.2, -0.15) is 0 Å². The zero-order valence-corrected chi connectivity index (χ0v) is 13.2. The lowest BCUT2D eigenvalue weighted by Crippen LogP contribution is -2.23. The van der Waals surface area contributed by atoms with Gasteiger partial charge in [0, 0.05) is 5.92 Å². The minimum absolute atomic E-state index is 0.124. The van der Waals surface area contributed by atoms with E-state index in [1.54, 1.807) is 6.07 Å². The Kier molecular flexibility index (Phi) is 6.85. The zero-order chi connectivity index (χ0) is 17.4. The molecule has 1 amide bonds. The molecule has 0 heterocycles. The number of guanidine groups is 1. The third-order valence-electron chi connectivity index (χ3n) is 3.19. The minimum atomic E-state index is -1.12. The third-order valence-corrected chi connectivity index (χ3v) is 3.19. The first-order chi connectivity index (χ1) is 10.9. The predicted molar refractivity (Wildman–Crippen MR) is 87.7 cm³/mol. The molecule has 0 aliphatic rings. The van der Waals surface area contributed by atoms with E-state index in [0.29, 0.717) is 24.2 Å². The molecule has 126 valence electrons. The normalized spacial score (nSPS) is 10.2. The van der Waals surface area contributed by atoms with Crippen molar-refractivity contribution < 1.29 is 19.4 Å². The number of nitrogens with two attached hydrogens (primary N) is 2. The van der Waals surface area contributed by atoms with Crippen LogP contribution < -0.4 is 21.5 Å². The maximum Gasteiger partial charge on any atom is 0.341 e. The summed E-state index contributed by atoms with van der Waals surface area (Å²) in [6, 6.07) is 4.59. The van der Waals surface area contributed by atoms with Gasteiger partial charge in [0.2, 0.25) is 5.91 Å². The molecule has 0 unspecified atom stereocenters. The Morgan fingerprint density at radius 1 is 1.30 bits per heavy atom. The lowest BCUT2D eigenvalue weighted by Gasteiger charge is -2.16. The van der Waals surface area contributed by atoms with E-state index in [-0.39, 0.29) is 23.5 Å². The van der Waals surface area contributed by atoms with Crippen LogP contribution in [-0.2, 0) is 9.59 Å². The van der Waals surface area contributed by atoms with Gasteiger partial charge in [-0.15, -0.1) is 0 Å². The number of nitrogens with zero attached hydrogens (tertiary/aromatic N) is 1. The first kappa shape index (κ1) is 18.3. The zero-order valence-electron chi connectivity index (χ0n) is 13.2. The predicted octanol–water partition coefficient (Wildman–Crippen LogP) is 1.43. The topological polar surface area (TPSA) is 140 Å². The molecule has 1 rings (SSSR count). The monoisotopic (exact) mass is 322 g/mol. The average Bonchev–Trinajstić information content (AvgIpc) is 2.47. The van der Waals surface area contributed by atoms with Crippen LogP contribution >= 0.6 is 0 Å². The number of benzene rings is 1. The van der Waals surface area contributed by atoms with E-state index in [1.807, 2.05) is 13.8 Å². The Labute approximate surface area is 134 Å². The summed E-state index contributed by atoms with van der Waals surface area (Å²) in [7, 11) is 0. The van der Waals surface area contributed by atoms with Crippen molar-refractivity contribution in [2.45, 2.75) is 26.7 Å². The highest BCUT2D eigenvalue weighted by atomic mass is 16.5. The van der Waals surface area contributed by atoms with Crippen LogP contribution in [0.15, 0.2) is 23.2 Å². The molecule has 1 aromatic carbocycles. The summed E-state index contributed by atoms with van der Waals surface area (Å²) in [5.74, 6) is -1.32. The lowest BCUT2D eigenvalue weighted by molar-refractivity contribution is -0.139. The molecule has 6 N–H and O–H groups in total. The number of amides is 1. The van der Waals surface area contributed by atoms with Crippen LogP contribution in [0.5, 0.6) is 5.75 Å². The second-order valence-electron chi connectivity index (χ2n) is 4.90. The fraction of sp³-hybridized carbons (Fsp3) is 0.400. The van der Waals surface area contributed by atoms with Crippen molar-refractivity contribution in [2.75, 3.05) is 11.9 Å². The van der Waals surface area contributed by atoms with Crippen LogP contribution in [0, 0.1) is 5.92 Å². The molecule has 8 nitrogen and oxygen atoms in total. The van der Waals surface area contributed by atoms with Crippen molar-refractivity contribution in [3.05, 3.63) is 18.2 Å². The first-order valence-electron chi connectivity index (χ1n) is 7.26. The molecule has 0 spiro atoms. The maximum atomic E-state index is 12.2. The van der Waals surface area contributed by atoms with E-state index in [2.05, 4.69) is 10.3 Å². The van der Waals surface area contributed by atoms with E-state index in [0.717, 1.165) is 0 Å². The summed E-state index contributed by atoms with van der Waals surface area (Å²) in [5, 5.41) is 11.5. The second kappa shape index (κ2) is 8.62. The Morgan fingerprint density at radius 2 is 1.96 bits per heavy atom. The Hall–Kier alpha value is -2.77. The molecule has 0 aliphatic carbocycles. The number of nitrogens with one attached hydrogen (secondary N) is 1. The van der Waals surface area contributed by atoms with E-state index in [4.69, 9.17) is 21.3 Å². The molecular weight excluding hydrogens is 300 g/mol. The number of hydrogen-bond donors (Lipinski definition) is 4. The molecule has 8 heteroatoms. The molecule has 0 saturated carbocycles. The van der Waals surface area contributed by atoms with Crippen molar-refractivity contribution in [3.63, 3.8) is 0 Å². The molecule has 0 radical (unpaired) electrons. The van der Waals surface area contributed by atoms with Gasteiger partial charge in [0.25, 0.3) is 0 Å². The molecular formula is C15H22N4O4. The number of carboxylic acids is 1. The fourth-order valence-corrected chi connectivity index (χ4v) is 1.99. The lowest BCUT2D eigenvalue weighted by atomic mass is 10.0. The van der Waals surface area contributed by atoms with Gasteiger partial charge in [0.1, 0.15) is 5.75 Å². The van der Waals surface area contributed by atoms with E-state index >= 15 is 0 Å². The van der Waals surface area contributed by atoms with Crippen LogP contribution in [0.25, 0.3) is 0 Å². The van der Waals surface area contributed by atoms with Crippen LogP contribution in [0.2, 0.25) is 0 Å². The van der Waals surface area contributed by atoms with Crippen LogP contribution in [0.4, 0.5) is 11.4 Å². The molecule has 1 aromatic rings. The molecule has 0 saturated heterocycles. The average molecular weight is 322 g/mol. The number of aliphatic carboxylic acids is 1. The number of carboxylic acid groups (broad SMARTS) is 1. The number of carbonyl (C=O) groups is 2. The van der Waals surface area contributed by atoms with Gasteiger partial charge in [0.05, 0.1) is 11.4 Å². The van der Waals surface area contributed by atoms with Gasteiger partial charge < -0.3 is 26.6 Å². The van der Waals surface area contributed by atoms with Crippen molar-refractivity contribution in [1.29, 1.82) is 0 Å². The minimum Gasteiger partial charge on any atom is -0.480 e. The largest absolute Gasteiger partial charge is 0.480 e. The number of ether oxygens (including phenoxy) is 1. The Morgan fingerprint density at radius 3 is 2.48 bits per heavy atom. The third kappa shape index (κ3) is 5.85. The quantitative estimate of drug-likeness (QED) is 0.421. The molecule has 0 atom stereocenters. The van der Waals surface area contributed by atoms with Crippen molar-refractivity contribution in [3.8, 4) is 5.75 Å². The van der Waals surface area contributed by atoms with E-state index in [9.17, 15) is 9.59 Å². The summed E-state index contributed by atoms with van der Waals surface area (Å²) in [4.78, 5) is 26.8. The highest BCUT2D eigenvalue weighted by Crippen LogP contribution is 2.30. The van der Waals surface area contributed by atoms with Crippen molar-refractivity contribution in [2.24, 2.45) is 22.4 Å². The van der Waals surface area contributed by atoms with Gasteiger partial charge in [0.15, 0.2) is 12.6 Å². The molecule has 0 aliphatic heterocycles. The van der Waals surface area contributed by atoms with Gasteiger partial charge in [-0.1, -0.05) is 13.8 Å². The highest BCUT2D eigenvalue weighted by molar-refractivity contribution is 5.94. The van der Waals surface area contributed by atoms with Crippen LogP contribution in [-0.4, -0.2) is 29.5 Å². The number of aliphatic imine (C=N–C) groups is 1. The Balaban J connectivity index is 3.08. The highest BCUT2D eigenvalue weighted by Gasteiger charge is 2.17. The van der Waals surface area contributed by atoms with Crippen LogP contribution in [0.1, 0.15) is 26.7 Å². The number of carbonyl (C=O) groups excluding carboxylic acids is 1. The summed E-state index contributed by atoms with van der Waals surface area (Å²) >= 11 is 0. The maximum absolute atomic E-state index is 12.2. The summed E-state index contributed by atoms with van der Waals surface area (Å²) < 4.78 is 5.18. The van der Waals surface area contributed by atoms with Gasteiger partial charge in [-0.05, 0) is 31.0 Å². The molecule has 0 bridgehead atoms. The first-order valence-corrected chi connectivity index (χ1v) is 7.26. The van der Waals surface area contributed by atoms with E-state index < -0.39 is 12.6 Å². The SMILES string of the molecule is CCC(CC)C(=O)Nc1cc(N=C(N)N)ccc1OCC(=O)O. The summed E-state index contributed by atoms with van der Waals surface area (Å²) in [6.07, 6.45) is 1.39. The van der Waals surface area contributed by atoms with Crippen LogP contribution in [0.3, 0.4) is 0 Å². The standard InChI is InChI=1S/C15H22N4O4/c1-3-9(4-2)14(22)19-11-7-10(18-15(16)17)5-6-12(11)23-8-13(20)21/h5-7,9H,3-4,8H2,1-2H3,(H,19,22)(H,20,21)(H4,16,17,18). The van der Waals surface area contributed by atoms with Crippen molar-refractivity contribution in [1.82, 2.24) is 0 Å². The second-order valence-corrected chi connectivity index (χ2v) is 4.90. The van der Waals surface area contributed by atoms with Gasteiger partial charge >= 0.3 is 5.97 Å². The number of anilines is 1. The molecule has 23 heavy (non-hydrogen) atoms. The number of rotatable bonds is 8. The Bertz CT molecular complexity index is 593. The van der Waals surface area contributed by atoms with Gasteiger partial charge in [-0.25, -0.2) is 9.79 Å². The van der Waals surface area contributed by atoms with Gasteiger partial charge in [-0.3, -0.25) is 4.79 Å². The number of hydrogen-bond acceptors (Lipinski definition) is 4. The molecule has 0 aromatic heterocycles.